The van der Waals surface area contributed by atoms with Crippen LogP contribution in [0, 0.1) is 0 Å². The summed E-state index contributed by atoms with van der Waals surface area (Å²) in [6.07, 6.45) is -49.5. The van der Waals surface area contributed by atoms with Gasteiger partial charge in [0.15, 0.2) is 0 Å². The van der Waals surface area contributed by atoms with Crippen LogP contribution in [0.2, 0.25) is 0 Å². The molecule has 0 spiro atoms. The number of hydrogen-bond donors (Lipinski definition) is 0. The Hall–Kier alpha value is -1.52. The molecule has 37 heavy (non-hydrogen) atoms. The third-order valence-corrected chi connectivity index (χ3v) is 4.43. The van der Waals surface area contributed by atoms with Crippen LogP contribution in [0.25, 0.3) is 0 Å². The van der Waals surface area contributed by atoms with Gasteiger partial charge in [0, 0.05) is 0 Å². The van der Waals surface area contributed by atoms with Gasteiger partial charge in [0.25, 0.3) is 12.7 Å². The molecule has 4 atom stereocenters. The van der Waals surface area contributed by atoms with Crippen LogP contribution in [0.1, 0.15) is 12.8 Å². The summed E-state index contributed by atoms with van der Waals surface area (Å²) in [5.41, 5.74) is 0. The molecule has 0 aromatic heterocycles. The molecule has 222 valence electrons. The van der Waals surface area contributed by atoms with E-state index in [-0.39, 0.29) is 0 Å². The van der Waals surface area contributed by atoms with Crippen LogP contribution in [0.4, 0.5) is 87.8 Å². The maximum Gasteiger partial charge on any atom is 0.462 e. The number of ether oxygens (including phenoxy) is 3. The summed E-state index contributed by atoms with van der Waals surface area (Å²) in [5, 5.41) is 0. The van der Waals surface area contributed by atoms with E-state index in [0.29, 0.717) is 0 Å². The van der Waals surface area contributed by atoms with Crippen molar-refractivity contribution in [2.24, 2.45) is 0 Å². The Labute approximate surface area is 189 Å². The third kappa shape index (κ3) is 6.06. The van der Waals surface area contributed by atoms with E-state index in [4.69, 9.17) is 0 Å². The molecule has 0 aromatic rings. The highest BCUT2D eigenvalue weighted by atomic mass is 19.4. The molecule has 1 fully saturated rings. The molecular formula is C14H8F20O3. The standard InChI is InChI=1S/C14H8F20O3/c15-5(36-13(31,32)9(21,22)11(25,26)27)7(17,18)3-1-2-4(35-3)8(19,20)6(16)37-14(33,34)10(23,24)12(28,29)30/h3-6H,1-2H2. The van der Waals surface area contributed by atoms with Crippen molar-refractivity contribution >= 4 is 0 Å². The molecule has 1 aliphatic rings. The largest absolute Gasteiger partial charge is 0.462 e. The predicted octanol–water partition coefficient (Wildman–Crippen LogP) is 7.01. The minimum atomic E-state index is -7.28. The second-order valence-corrected chi connectivity index (χ2v) is 7.09. The van der Waals surface area contributed by atoms with Crippen molar-refractivity contribution < 1.29 is 102 Å². The fourth-order valence-corrected chi connectivity index (χ4v) is 2.39. The second-order valence-electron chi connectivity index (χ2n) is 7.09. The lowest BCUT2D eigenvalue weighted by Crippen LogP contribution is -2.57. The Bertz CT molecular complexity index is 724. The van der Waals surface area contributed by atoms with Crippen molar-refractivity contribution in [1.82, 2.24) is 0 Å². The van der Waals surface area contributed by atoms with E-state index in [1.165, 1.54) is 0 Å². The molecule has 0 N–H and O–H groups in total. The van der Waals surface area contributed by atoms with Gasteiger partial charge in [0.05, 0.1) is 0 Å². The maximum atomic E-state index is 13.9. The molecule has 0 saturated carbocycles. The molecular weight excluding hydrogens is 596 g/mol. The fraction of sp³-hybridized carbons (Fsp3) is 1.00. The van der Waals surface area contributed by atoms with Gasteiger partial charge >= 0.3 is 48.3 Å². The highest BCUT2D eigenvalue weighted by molar-refractivity contribution is 4.95. The Morgan fingerprint density at radius 2 is 0.730 bits per heavy atom. The van der Waals surface area contributed by atoms with Gasteiger partial charge in [-0.25, -0.2) is 8.78 Å². The minimum Gasteiger partial charge on any atom is -0.362 e. The molecule has 1 aliphatic heterocycles. The van der Waals surface area contributed by atoms with Crippen LogP contribution in [0.3, 0.4) is 0 Å². The smallest absolute Gasteiger partial charge is 0.362 e. The lowest BCUT2D eigenvalue weighted by molar-refractivity contribution is -0.455. The Balaban J connectivity index is 3.03. The van der Waals surface area contributed by atoms with Gasteiger partial charge in [-0.2, -0.15) is 79.0 Å². The number of halogens is 20. The van der Waals surface area contributed by atoms with Gasteiger partial charge in [-0.1, -0.05) is 0 Å². The van der Waals surface area contributed by atoms with Crippen molar-refractivity contribution in [1.29, 1.82) is 0 Å². The Kier molecular flexibility index (Phi) is 8.69. The van der Waals surface area contributed by atoms with E-state index in [9.17, 15) is 87.8 Å². The molecule has 3 nitrogen and oxygen atoms in total. The van der Waals surface area contributed by atoms with Crippen molar-refractivity contribution in [2.45, 2.75) is 86.0 Å². The average molecular weight is 604 g/mol. The van der Waals surface area contributed by atoms with Gasteiger partial charge in [0.1, 0.15) is 12.2 Å². The normalized spacial score (nSPS) is 23.4. The lowest BCUT2D eigenvalue weighted by atomic mass is 10.1. The number of alkyl halides is 20. The highest BCUT2D eigenvalue weighted by Gasteiger charge is 2.77. The van der Waals surface area contributed by atoms with Crippen LogP contribution in [0.5, 0.6) is 0 Å². The summed E-state index contributed by atoms with van der Waals surface area (Å²) in [6.45, 7) is 0. The second kappa shape index (κ2) is 9.59. The number of hydrogen-bond acceptors (Lipinski definition) is 3. The monoisotopic (exact) mass is 604 g/mol. The van der Waals surface area contributed by atoms with Crippen LogP contribution < -0.4 is 0 Å². The summed E-state index contributed by atoms with van der Waals surface area (Å²) in [7, 11) is 0. The van der Waals surface area contributed by atoms with E-state index in [2.05, 4.69) is 14.2 Å². The van der Waals surface area contributed by atoms with Gasteiger partial charge in [-0.05, 0) is 12.8 Å². The first-order valence-corrected chi connectivity index (χ1v) is 8.66. The zero-order valence-electron chi connectivity index (χ0n) is 16.5. The summed E-state index contributed by atoms with van der Waals surface area (Å²) in [5.74, 6) is -26.2. The topological polar surface area (TPSA) is 27.7 Å². The molecule has 1 heterocycles. The third-order valence-electron chi connectivity index (χ3n) is 4.43. The molecule has 4 unspecified atom stereocenters. The van der Waals surface area contributed by atoms with Gasteiger partial charge in [-0.15, -0.1) is 0 Å². The van der Waals surface area contributed by atoms with E-state index < -0.39 is 86.0 Å². The van der Waals surface area contributed by atoms with E-state index in [1.54, 1.807) is 0 Å². The lowest BCUT2D eigenvalue weighted by Gasteiger charge is -2.34. The zero-order chi connectivity index (χ0) is 29.8. The average Bonchev–Trinajstić information content (AvgIpc) is 3.16. The molecule has 1 rings (SSSR count). The van der Waals surface area contributed by atoms with Gasteiger partial charge in [-0.3, -0.25) is 9.47 Å². The summed E-state index contributed by atoms with van der Waals surface area (Å²) >= 11 is 0. The van der Waals surface area contributed by atoms with Crippen molar-refractivity contribution in [2.75, 3.05) is 0 Å². The number of rotatable bonds is 10. The van der Waals surface area contributed by atoms with Crippen molar-refractivity contribution in [3.05, 3.63) is 0 Å². The van der Waals surface area contributed by atoms with E-state index >= 15 is 0 Å². The predicted molar refractivity (Wildman–Crippen MR) is 71.6 cm³/mol. The van der Waals surface area contributed by atoms with E-state index in [0.717, 1.165) is 0 Å². The SMILES string of the molecule is FC(OC(F)(F)C(F)(F)C(F)(F)F)C(F)(F)C1CCC(C(F)(F)C(F)OC(F)(F)C(F)(F)C(F)(F)F)O1. The summed E-state index contributed by atoms with van der Waals surface area (Å²) < 4.78 is 265. The molecule has 0 bridgehead atoms. The van der Waals surface area contributed by atoms with Crippen molar-refractivity contribution in [3.63, 3.8) is 0 Å². The molecule has 0 aromatic carbocycles. The molecule has 0 radical (unpaired) electrons. The fourth-order valence-electron chi connectivity index (χ4n) is 2.39. The minimum absolute atomic E-state index is 1.75. The first kappa shape index (κ1) is 33.5. The first-order valence-electron chi connectivity index (χ1n) is 8.66. The Morgan fingerprint density at radius 3 is 0.946 bits per heavy atom. The maximum absolute atomic E-state index is 13.9. The quantitative estimate of drug-likeness (QED) is 0.252. The van der Waals surface area contributed by atoms with Crippen LogP contribution in [-0.4, -0.2) is 73.2 Å². The summed E-state index contributed by atoms with van der Waals surface area (Å²) in [4.78, 5) is 0. The van der Waals surface area contributed by atoms with E-state index in [1.807, 2.05) is 0 Å². The first-order chi connectivity index (χ1) is 16.0. The zero-order valence-corrected chi connectivity index (χ0v) is 16.5. The van der Waals surface area contributed by atoms with Crippen molar-refractivity contribution in [3.8, 4) is 0 Å². The Morgan fingerprint density at radius 1 is 0.486 bits per heavy atom. The van der Waals surface area contributed by atoms with Gasteiger partial charge < -0.3 is 4.74 Å². The summed E-state index contributed by atoms with van der Waals surface area (Å²) in [6, 6.07) is 0. The molecule has 1 saturated heterocycles. The van der Waals surface area contributed by atoms with Gasteiger partial charge in [0.2, 0.25) is 0 Å². The molecule has 0 amide bonds. The molecule has 0 aliphatic carbocycles. The van der Waals surface area contributed by atoms with Crippen LogP contribution >= 0.6 is 0 Å². The van der Waals surface area contributed by atoms with Crippen LogP contribution in [-0.2, 0) is 14.2 Å². The molecule has 23 heteroatoms. The van der Waals surface area contributed by atoms with Crippen LogP contribution in [0.15, 0.2) is 0 Å². The highest BCUT2D eigenvalue weighted by Crippen LogP contribution is 2.51.